The van der Waals surface area contributed by atoms with E-state index < -0.39 is 0 Å². The van der Waals surface area contributed by atoms with Crippen LogP contribution in [0.1, 0.15) is 31.2 Å². The van der Waals surface area contributed by atoms with E-state index in [1.807, 2.05) is 12.3 Å². The van der Waals surface area contributed by atoms with Crippen molar-refractivity contribution < 1.29 is 5.11 Å². The Morgan fingerprint density at radius 2 is 2.12 bits per heavy atom. The van der Waals surface area contributed by atoms with Crippen molar-refractivity contribution in [3.05, 3.63) is 30.1 Å². The number of hydrogen-bond acceptors (Lipinski definition) is 3. The maximum atomic E-state index is 9.39. The van der Waals surface area contributed by atoms with E-state index in [9.17, 15) is 5.11 Å². The number of aliphatic hydroxyl groups excluding tert-OH is 1. The first-order valence-corrected chi connectivity index (χ1v) is 6.15. The fourth-order valence-electron chi connectivity index (χ4n) is 2.25. The summed E-state index contributed by atoms with van der Waals surface area (Å²) in [6.45, 7) is 1.01. The zero-order valence-electron chi connectivity index (χ0n) is 9.60. The van der Waals surface area contributed by atoms with Gasteiger partial charge in [0.05, 0.1) is 6.10 Å². The van der Waals surface area contributed by atoms with Gasteiger partial charge in [0.25, 0.3) is 0 Å². The normalized spacial score (nSPS) is 25.6. The molecule has 2 rings (SSSR count). The van der Waals surface area contributed by atoms with Gasteiger partial charge in [0.2, 0.25) is 0 Å². The number of hydrogen-bond donors (Lipinski definition) is 2. The molecule has 3 heteroatoms. The van der Waals surface area contributed by atoms with E-state index in [0.717, 1.165) is 38.6 Å². The summed E-state index contributed by atoms with van der Waals surface area (Å²) in [5.74, 6) is 0. The maximum Gasteiger partial charge on any atom is 0.0541 e. The van der Waals surface area contributed by atoms with Gasteiger partial charge in [-0.2, -0.15) is 0 Å². The average Bonchev–Trinajstić information content (AvgIpc) is 2.33. The average molecular weight is 220 g/mol. The molecule has 1 aromatic rings. The first-order valence-electron chi connectivity index (χ1n) is 6.15. The van der Waals surface area contributed by atoms with Crippen LogP contribution in [0, 0.1) is 0 Å². The van der Waals surface area contributed by atoms with Crippen molar-refractivity contribution in [1.82, 2.24) is 10.3 Å². The molecular weight excluding hydrogens is 200 g/mol. The molecule has 0 bridgehead atoms. The van der Waals surface area contributed by atoms with Gasteiger partial charge in [-0.05, 0) is 50.3 Å². The van der Waals surface area contributed by atoms with Crippen LogP contribution in [0.25, 0.3) is 0 Å². The molecule has 0 radical (unpaired) electrons. The Kier molecular flexibility index (Phi) is 4.31. The fourth-order valence-corrected chi connectivity index (χ4v) is 2.25. The fraction of sp³-hybridized carbons (Fsp3) is 0.615. The highest BCUT2D eigenvalue weighted by atomic mass is 16.3. The number of nitrogens with one attached hydrogen (secondary N) is 1. The van der Waals surface area contributed by atoms with Gasteiger partial charge in [-0.3, -0.25) is 4.98 Å². The lowest BCUT2D eigenvalue weighted by atomic mass is 9.93. The molecule has 88 valence electrons. The van der Waals surface area contributed by atoms with Crippen LogP contribution in [0.15, 0.2) is 24.5 Å². The van der Waals surface area contributed by atoms with Gasteiger partial charge in [-0.1, -0.05) is 6.07 Å². The van der Waals surface area contributed by atoms with Crippen molar-refractivity contribution in [2.24, 2.45) is 0 Å². The lowest BCUT2D eigenvalue weighted by Crippen LogP contribution is -2.35. The van der Waals surface area contributed by atoms with Crippen molar-refractivity contribution in [3.8, 4) is 0 Å². The molecule has 2 N–H and O–H groups in total. The molecule has 1 saturated carbocycles. The first-order chi connectivity index (χ1) is 7.84. The third-order valence-corrected chi connectivity index (χ3v) is 3.27. The van der Waals surface area contributed by atoms with Crippen LogP contribution >= 0.6 is 0 Å². The SMILES string of the molecule is OC1CCC(NCCc2cccnc2)CC1. The Hall–Kier alpha value is -0.930. The van der Waals surface area contributed by atoms with E-state index in [4.69, 9.17) is 0 Å². The van der Waals surface area contributed by atoms with E-state index in [2.05, 4.69) is 16.4 Å². The van der Waals surface area contributed by atoms with Crippen LogP contribution in [-0.2, 0) is 6.42 Å². The van der Waals surface area contributed by atoms with Crippen molar-refractivity contribution >= 4 is 0 Å². The second-order valence-electron chi connectivity index (χ2n) is 4.57. The minimum absolute atomic E-state index is 0.0589. The Labute approximate surface area is 96.9 Å². The zero-order chi connectivity index (χ0) is 11.2. The zero-order valence-corrected chi connectivity index (χ0v) is 9.60. The summed E-state index contributed by atoms with van der Waals surface area (Å²) in [5.41, 5.74) is 1.28. The van der Waals surface area contributed by atoms with Crippen molar-refractivity contribution in [3.63, 3.8) is 0 Å². The smallest absolute Gasteiger partial charge is 0.0541 e. The summed E-state index contributed by atoms with van der Waals surface area (Å²) in [4.78, 5) is 4.10. The molecule has 1 aromatic heterocycles. The molecule has 0 saturated heterocycles. The molecule has 0 aromatic carbocycles. The maximum absolute atomic E-state index is 9.39. The molecule has 0 amide bonds. The minimum Gasteiger partial charge on any atom is -0.393 e. The quantitative estimate of drug-likeness (QED) is 0.808. The summed E-state index contributed by atoms with van der Waals surface area (Å²) in [7, 11) is 0. The van der Waals surface area contributed by atoms with Gasteiger partial charge in [0.15, 0.2) is 0 Å². The Balaban J connectivity index is 1.65. The molecule has 0 unspecified atom stereocenters. The number of nitrogens with zero attached hydrogens (tertiary/aromatic N) is 1. The second-order valence-corrected chi connectivity index (χ2v) is 4.57. The van der Waals surface area contributed by atoms with E-state index in [1.54, 1.807) is 6.20 Å². The van der Waals surface area contributed by atoms with Crippen molar-refractivity contribution in [2.45, 2.75) is 44.2 Å². The number of aromatic nitrogens is 1. The molecule has 16 heavy (non-hydrogen) atoms. The highest BCUT2D eigenvalue weighted by molar-refractivity contribution is 5.08. The van der Waals surface area contributed by atoms with Crippen molar-refractivity contribution in [1.29, 1.82) is 0 Å². The van der Waals surface area contributed by atoms with Gasteiger partial charge < -0.3 is 10.4 Å². The van der Waals surface area contributed by atoms with Crippen LogP contribution in [0.2, 0.25) is 0 Å². The van der Waals surface area contributed by atoms with E-state index >= 15 is 0 Å². The summed E-state index contributed by atoms with van der Waals surface area (Å²) in [6.07, 6.45) is 8.81. The summed E-state index contributed by atoms with van der Waals surface area (Å²) in [6, 6.07) is 4.69. The van der Waals surface area contributed by atoms with Gasteiger partial charge >= 0.3 is 0 Å². The highest BCUT2D eigenvalue weighted by Crippen LogP contribution is 2.18. The summed E-state index contributed by atoms with van der Waals surface area (Å²) in [5, 5.41) is 12.9. The Morgan fingerprint density at radius 3 is 2.81 bits per heavy atom. The first kappa shape index (κ1) is 11.6. The number of rotatable bonds is 4. The van der Waals surface area contributed by atoms with Crippen LogP contribution in [0.4, 0.5) is 0 Å². The topological polar surface area (TPSA) is 45.1 Å². The van der Waals surface area contributed by atoms with Gasteiger partial charge in [-0.25, -0.2) is 0 Å². The van der Waals surface area contributed by atoms with E-state index in [0.29, 0.717) is 6.04 Å². The molecule has 1 aliphatic rings. The molecule has 1 fully saturated rings. The predicted molar refractivity (Wildman–Crippen MR) is 64.2 cm³/mol. The molecule has 0 spiro atoms. The van der Waals surface area contributed by atoms with E-state index in [-0.39, 0.29) is 6.10 Å². The minimum atomic E-state index is -0.0589. The third kappa shape index (κ3) is 3.58. The molecule has 0 atom stereocenters. The number of aliphatic hydroxyl groups is 1. The monoisotopic (exact) mass is 220 g/mol. The van der Waals surface area contributed by atoms with Crippen LogP contribution in [0.5, 0.6) is 0 Å². The lowest BCUT2D eigenvalue weighted by Gasteiger charge is -2.26. The highest BCUT2D eigenvalue weighted by Gasteiger charge is 2.18. The molecule has 1 aliphatic carbocycles. The molecule has 0 aliphatic heterocycles. The third-order valence-electron chi connectivity index (χ3n) is 3.27. The Bertz CT molecular complexity index is 294. The standard InChI is InChI=1S/C13H20N2O/c16-13-5-3-12(4-6-13)15-9-7-11-2-1-8-14-10-11/h1-2,8,10,12-13,15-16H,3-7,9H2. The van der Waals surface area contributed by atoms with Gasteiger partial charge in [0.1, 0.15) is 0 Å². The molecular formula is C13H20N2O. The molecule has 3 nitrogen and oxygen atoms in total. The van der Waals surface area contributed by atoms with Crippen LogP contribution in [0.3, 0.4) is 0 Å². The van der Waals surface area contributed by atoms with Gasteiger partial charge in [0, 0.05) is 18.4 Å². The van der Waals surface area contributed by atoms with E-state index in [1.165, 1.54) is 5.56 Å². The molecule has 1 heterocycles. The number of pyridine rings is 1. The lowest BCUT2D eigenvalue weighted by molar-refractivity contribution is 0.117. The summed E-state index contributed by atoms with van der Waals surface area (Å²) >= 11 is 0. The largest absolute Gasteiger partial charge is 0.393 e. The van der Waals surface area contributed by atoms with Gasteiger partial charge in [-0.15, -0.1) is 0 Å². The van der Waals surface area contributed by atoms with Crippen molar-refractivity contribution in [2.75, 3.05) is 6.54 Å². The predicted octanol–water partition coefficient (Wildman–Crippen LogP) is 1.52. The van der Waals surface area contributed by atoms with Crippen LogP contribution < -0.4 is 5.32 Å². The summed E-state index contributed by atoms with van der Waals surface area (Å²) < 4.78 is 0. The van der Waals surface area contributed by atoms with Crippen LogP contribution in [-0.4, -0.2) is 28.8 Å². The second kappa shape index (κ2) is 5.97. The Morgan fingerprint density at radius 1 is 1.31 bits per heavy atom.